The maximum absolute atomic E-state index is 12.5. The van der Waals surface area contributed by atoms with E-state index in [0.29, 0.717) is 11.3 Å². The van der Waals surface area contributed by atoms with Crippen molar-refractivity contribution < 1.29 is 9.53 Å². The molecular formula is C20H17NO2. The molecule has 0 unspecified atom stereocenters. The van der Waals surface area contributed by atoms with Crippen LogP contribution in [-0.2, 0) is 0 Å². The van der Waals surface area contributed by atoms with Crippen LogP contribution in [0.1, 0.15) is 22.8 Å². The molecule has 0 N–H and O–H groups in total. The molecule has 2 aromatic rings. The van der Waals surface area contributed by atoms with E-state index in [0.717, 1.165) is 11.1 Å². The number of ether oxygens (including phenoxy) is 1. The topological polar surface area (TPSA) is 50.1 Å². The van der Waals surface area contributed by atoms with Gasteiger partial charge in [0.2, 0.25) is 5.78 Å². The molecule has 0 saturated heterocycles. The largest absolute Gasteiger partial charge is 0.496 e. The first-order valence-electron chi connectivity index (χ1n) is 7.18. The fourth-order valence-corrected chi connectivity index (χ4v) is 2.21. The summed E-state index contributed by atoms with van der Waals surface area (Å²) in [7, 11) is 1.50. The second kappa shape index (κ2) is 7.77. The molecule has 114 valence electrons. The van der Waals surface area contributed by atoms with Crippen LogP contribution in [0.15, 0.2) is 71.8 Å². The highest BCUT2D eigenvalue weighted by Gasteiger charge is 2.16. The first kappa shape index (κ1) is 16.3. The maximum Gasteiger partial charge on any atom is 0.207 e. The molecular weight excluding hydrogens is 286 g/mol. The number of Topliss-reactive ketones (excluding diaryl/α,β-unsaturated/α-hetero) is 1. The van der Waals surface area contributed by atoms with Gasteiger partial charge in [-0.2, -0.15) is 5.26 Å². The number of rotatable bonds is 5. The van der Waals surface area contributed by atoms with Gasteiger partial charge in [0, 0.05) is 0 Å². The van der Waals surface area contributed by atoms with Gasteiger partial charge in [-0.3, -0.25) is 4.79 Å². The zero-order valence-corrected chi connectivity index (χ0v) is 13.1. The second-order valence-electron chi connectivity index (χ2n) is 5.00. The summed E-state index contributed by atoms with van der Waals surface area (Å²) in [5.74, 6) is 0.120. The van der Waals surface area contributed by atoms with E-state index < -0.39 is 0 Å². The normalized spacial score (nSPS) is 11.7. The Morgan fingerprint density at radius 2 is 1.74 bits per heavy atom. The van der Waals surface area contributed by atoms with Crippen molar-refractivity contribution in [2.75, 3.05) is 7.11 Å². The van der Waals surface area contributed by atoms with Crippen LogP contribution in [-0.4, -0.2) is 12.9 Å². The smallest absolute Gasteiger partial charge is 0.207 e. The van der Waals surface area contributed by atoms with Gasteiger partial charge >= 0.3 is 0 Å². The first-order chi connectivity index (χ1) is 11.2. The first-order valence-corrected chi connectivity index (χ1v) is 7.18. The number of hydrogen-bond acceptors (Lipinski definition) is 3. The van der Waals surface area contributed by atoms with Gasteiger partial charge in [0.1, 0.15) is 17.4 Å². The van der Waals surface area contributed by atoms with Gasteiger partial charge in [-0.05, 0) is 36.3 Å². The van der Waals surface area contributed by atoms with Crippen LogP contribution < -0.4 is 4.74 Å². The molecule has 0 aliphatic carbocycles. The Hall–Kier alpha value is -3.12. The van der Waals surface area contributed by atoms with E-state index in [4.69, 9.17) is 4.74 Å². The second-order valence-corrected chi connectivity index (χ2v) is 5.00. The van der Waals surface area contributed by atoms with Crippen molar-refractivity contribution in [3.63, 3.8) is 0 Å². The standard InChI is InChI=1S/C20H17NO2/c1-15(12-16-8-4-3-5-9-16)13-17(14-21)20(22)18-10-6-7-11-19(18)23-2/h3-13H,1-2H3/b15-12+,17-13+. The molecule has 0 bridgehead atoms. The summed E-state index contributed by atoms with van der Waals surface area (Å²) < 4.78 is 5.19. The average molecular weight is 303 g/mol. The predicted molar refractivity (Wildman–Crippen MR) is 91.1 cm³/mol. The Morgan fingerprint density at radius 3 is 2.39 bits per heavy atom. The van der Waals surface area contributed by atoms with Crippen molar-refractivity contribution in [3.8, 4) is 11.8 Å². The fourth-order valence-electron chi connectivity index (χ4n) is 2.21. The lowest BCUT2D eigenvalue weighted by atomic mass is 10.0. The zero-order valence-electron chi connectivity index (χ0n) is 13.1. The van der Waals surface area contributed by atoms with Crippen molar-refractivity contribution in [1.82, 2.24) is 0 Å². The number of para-hydroxylation sites is 1. The van der Waals surface area contributed by atoms with E-state index in [1.807, 2.05) is 49.4 Å². The quantitative estimate of drug-likeness (QED) is 0.355. The number of benzene rings is 2. The lowest BCUT2D eigenvalue weighted by Gasteiger charge is -2.06. The molecule has 0 radical (unpaired) electrons. The van der Waals surface area contributed by atoms with Gasteiger partial charge in [0.15, 0.2) is 0 Å². The van der Waals surface area contributed by atoms with E-state index in [9.17, 15) is 10.1 Å². The zero-order chi connectivity index (χ0) is 16.7. The minimum atomic E-state index is -0.342. The highest BCUT2D eigenvalue weighted by atomic mass is 16.5. The van der Waals surface area contributed by atoms with Crippen LogP contribution in [0.4, 0.5) is 0 Å². The number of nitriles is 1. The van der Waals surface area contributed by atoms with Crippen LogP contribution in [0.3, 0.4) is 0 Å². The summed E-state index contributed by atoms with van der Waals surface area (Å²) in [5, 5.41) is 9.33. The Bertz CT molecular complexity index is 796. The van der Waals surface area contributed by atoms with Crippen molar-refractivity contribution in [1.29, 1.82) is 5.26 Å². The number of nitrogens with zero attached hydrogens (tertiary/aromatic N) is 1. The number of ketones is 1. The lowest BCUT2D eigenvalue weighted by molar-refractivity contribution is 0.103. The van der Waals surface area contributed by atoms with E-state index >= 15 is 0 Å². The number of methoxy groups -OCH3 is 1. The highest BCUT2D eigenvalue weighted by Crippen LogP contribution is 2.21. The molecule has 0 amide bonds. The van der Waals surface area contributed by atoms with Crippen molar-refractivity contribution in [3.05, 3.63) is 82.9 Å². The molecule has 0 aliphatic rings. The summed E-state index contributed by atoms with van der Waals surface area (Å²) in [4.78, 5) is 12.5. The van der Waals surface area contributed by atoms with Gasteiger partial charge < -0.3 is 4.74 Å². The van der Waals surface area contributed by atoms with Crippen LogP contribution in [0.25, 0.3) is 6.08 Å². The fraction of sp³-hybridized carbons (Fsp3) is 0.100. The van der Waals surface area contributed by atoms with Crippen LogP contribution >= 0.6 is 0 Å². The Kier molecular flexibility index (Phi) is 5.49. The van der Waals surface area contributed by atoms with E-state index in [2.05, 4.69) is 0 Å². The summed E-state index contributed by atoms with van der Waals surface area (Å²) in [6.45, 7) is 1.86. The maximum atomic E-state index is 12.5. The molecule has 0 saturated carbocycles. The van der Waals surface area contributed by atoms with Gasteiger partial charge in [0.25, 0.3) is 0 Å². The Labute approximate surface area is 136 Å². The minimum absolute atomic E-state index is 0.0826. The van der Waals surface area contributed by atoms with Crippen LogP contribution in [0.5, 0.6) is 5.75 Å². The average Bonchev–Trinajstić information content (AvgIpc) is 2.60. The number of allylic oxidation sites excluding steroid dienone is 3. The van der Waals surface area contributed by atoms with Crippen molar-refractivity contribution in [2.24, 2.45) is 0 Å². The molecule has 0 heterocycles. The molecule has 3 nitrogen and oxygen atoms in total. The van der Waals surface area contributed by atoms with Crippen molar-refractivity contribution in [2.45, 2.75) is 6.92 Å². The molecule has 0 fully saturated rings. The SMILES string of the molecule is COc1ccccc1C(=O)/C(C#N)=C/C(C)=C/c1ccccc1. The summed E-state index contributed by atoms with van der Waals surface area (Å²) in [6.07, 6.45) is 3.52. The van der Waals surface area contributed by atoms with Crippen LogP contribution in [0, 0.1) is 11.3 Å². The lowest BCUT2D eigenvalue weighted by Crippen LogP contribution is -2.04. The number of carbonyl (C=O) groups is 1. The minimum Gasteiger partial charge on any atom is -0.496 e. The Balaban J connectivity index is 2.34. The van der Waals surface area contributed by atoms with Gasteiger partial charge in [0.05, 0.1) is 12.7 Å². The van der Waals surface area contributed by atoms with Crippen molar-refractivity contribution >= 4 is 11.9 Å². The van der Waals surface area contributed by atoms with E-state index in [1.165, 1.54) is 7.11 Å². The van der Waals surface area contributed by atoms with E-state index in [-0.39, 0.29) is 11.4 Å². The molecule has 0 aliphatic heterocycles. The third-order valence-electron chi connectivity index (χ3n) is 3.28. The summed E-state index contributed by atoms with van der Waals surface area (Å²) in [5.41, 5.74) is 2.31. The van der Waals surface area contributed by atoms with Gasteiger partial charge in [-0.1, -0.05) is 48.5 Å². The number of hydrogen-bond donors (Lipinski definition) is 0. The summed E-state index contributed by atoms with van der Waals surface area (Å²) >= 11 is 0. The molecule has 2 aromatic carbocycles. The molecule has 23 heavy (non-hydrogen) atoms. The molecule has 3 heteroatoms. The molecule has 0 spiro atoms. The van der Waals surface area contributed by atoms with E-state index in [1.54, 1.807) is 30.3 Å². The van der Waals surface area contributed by atoms with Gasteiger partial charge in [-0.25, -0.2) is 0 Å². The molecule has 0 atom stereocenters. The molecule has 0 aromatic heterocycles. The summed E-state index contributed by atoms with van der Waals surface area (Å²) in [6, 6.07) is 18.6. The monoisotopic (exact) mass is 303 g/mol. The predicted octanol–water partition coefficient (Wildman–Crippen LogP) is 4.43. The molecule has 2 rings (SSSR count). The Morgan fingerprint density at radius 1 is 1.09 bits per heavy atom. The van der Waals surface area contributed by atoms with Crippen LogP contribution in [0.2, 0.25) is 0 Å². The highest BCUT2D eigenvalue weighted by molar-refractivity contribution is 6.13. The number of carbonyl (C=O) groups excluding carboxylic acids is 1. The third-order valence-corrected chi connectivity index (χ3v) is 3.28. The third kappa shape index (κ3) is 4.18. The van der Waals surface area contributed by atoms with Gasteiger partial charge in [-0.15, -0.1) is 0 Å².